The molecular weight excluding hydrogens is 478 g/mol. The number of aromatic nitrogens is 2. The number of ether oxygens (including phenoxy) is 1. The number of nitrogens with one attached hydrogen (secondary N) is 2. The second kappa shape index (κ2) is 8.50. The van der Waals surface area contributed by atoms with Crippen LogP contribution in [0, 0.1) is 5.82 Å². The van der Waals surface area contributed by atoms with E-state index >= 15 is 0 Å². The summed E-state index contributed by atoms with van der Waals surface area (Å²) in [6.07, 6.45) is -4.70. The standard InChI is InChI=1S/C22H14ClF4N5O2/c23-18-17(33-15-7-5-14(24)6-8-15)10-9-16-19(18)32(31-29-16)11-12-1-3-13(4-2-12)20-28-21(34-30-20)22(25,26)27/h1-10,29,31H,11H2. The van der Waals surface area contributed by atoms with Crippen molar-refractivity contribution in [2.75, 3.05) is 10.4 Å². The van der Waals surface area contributed by atoms with Crippen molar-refractivity contribution in [2.45, 2.75) is 12.7 Å². The highest BCUT2D eigenvalue weighted by Crippen LogP contribution is 2.44. The summed E-state index contributed by atoms with van der Waals surface area (Å²) in [7, 11) is 0. The Labute approximate surface area is 194 Å². The number of nitrogens with zero attached hydrogens (tertiary/aromatic N) is 3. The third-order valence-electron chi connectivity index (χ3n) is 4.94. The number of hydrogen-bond acceptors (Lipinski definition) is 7. The van der Waals surface area contributed by atoms with Crippen molar-refractivity contribution in [1.29, 1.82) is 0 Å². The molecule has 34 heavy (non-hydrogen) atoms. The van der Waals surface area contributed by atoms with Crippen molar-refractivity contribution in [3.8, 4) is 22.9 Å². The summed E-state index contributed by atoms with van der Waals surface area (Å²) in [4.78, 5) is 3.39. The zero-order valence-electron chi connectivity index (χ0n) is 17.0. The van der Waals surface area contributed by atoms with E-state index in [4.69, 9.17) is 16.3 Å². The molecule has 0 unspecified atom stereocenters. The number of hydrazine groups is 2. The van der Waals surface area contributed by atoms with E-state index in [2.05, 4.69) is 25.6 Å². The minimum Gasteiger partial charge on any atom is -0.456 e. The molecule has 3 aromatic carbocycles. The van der Waals surface area contributed by atoms with Gasteiger partial charge < -0.3 is 14.7 Å². The molecule has 0 amide bonds. The predicted molar refractivity (Wildman–Crippen MR) is 116 cm³/mol. The molecule has 4 aromatic rings. The van der Waals surface area contributed by atoms with Gasteiger partial charge in [-0.15, -0.1) is 5.53 Å². The van der Waals surface area contributed by atoms with Crippen LogP contribution in [-0.4, -0.2) is 10.1 Å². The fourth-order valence-corrected chi connectivity index (χ4v) is 3.62. The Hall–Kier alpha value is -3.83. The van der Waals surface area contributed by atoms with E-state index < -0.39 is 12.1 Å². The van der Waals surface area contributed by atoms with E-state index in [9.17, 15) is 17.6 Å². The van der Waals surface area contributed by atoms with E-state index in [1.807, 2.05) is 0 Å². The van der Waals surface area contributed by atoms with Gasteiger partial charge in [-0.1, -0.05) is 41.0 Å². The Morgan fingerprint density at radius 1 is 1.00 bits per heavy atom. The molecule has 174 valence electrons. The van der Waals surface area contributed by atoms with Crippen LogP contribution in [0.25, 0.3) is 11.4 Å². The fourth-order valence-electron chi connectivity index (χ4n) is 3.32. The van der Waals surface area contributed by atoms with Crippen LogP contribution >= 0.6 is 11.6 Å². The molecule has 1 aliphatic rings. The Balaban J connectivity index is 1.34. The van der Waals surface area contributed by atoms with E-state index in [0.717, 1.165) is 11.3 Å². The van der Waals surface area contributed by atoms with Gasteiger partial charge in [0.2, 0.25) is 5.82 Å². The molecule has 1 aromatic heterocycles. The number of alkyl halides is 3. The van der Waals surface area contributed by atoms with E-state index in [1.54, 1.807) is 41.4 Å². The maximum Gasteiger partial charge on any atom is 0.471 e. The van der Waals surface area contributed by atoms with E-state index in [0.29, 0.717) is 34.3 Å². The molecule has 0 bridgehead atoms. The number of rotatable bonds is 5. The monoisotopic (exact) mass is 491 g/mol. The first-order chi connectivity index (χ1) is 16.3. The molecule has 7 nitrogen and oxygen atoms in total. The first kappa shape index (κ1) is 22.0. The average Bonchev–Trinajstić information content (AvgIpc) is 3.46. The van der Waals surface area contributed by atoms with Crippen LogP contribution in [-0.2, 0) is 12.7 Å². The molecule has 1 aliphatic heterocycles. The Morgan fingerprint density at radius 3 is 2.41 bits per heavy atom. The summed E-state index contributed by atoms with van der Waals surface area (Å²) < 4.78 is 61.3. The molecule has 0 aliphatic carbocycles. The SMILES string of the molecule is Fc1ccc(Oc2ccc3c(c2Cl)N(Cc2ccc(-c4noc(C(F)(F)F)n4)cc2)NN3)cc1. The van der Waals surface area contributed by atoms with Gasteiger partial charge in [0.1, 0.15) is 28.0 Å². The van der Waals surface area contributed by atoms with Crippen molar-refractivity contribution in [1.82, 2.24) is 15.7 Å². The summed E-state index contributed by atoms with van der Waals surface area (Å²) >= 11 is 6.60. The number of fused-ring (bicyclic) bond motifs is 1. The van der Waals surface area contributed by atoms with Crippen molar-refractivity contribution in [2.24, 2.45) is 0 Å². The third kappa shape index (κ3) is 4.35. The summed E-state index contributed by atoms with van der Waals surface area (Å²) in [6.45, 7) is 0.361. The van der Waals surface area contributed by atoms with Gasteiger partial charge in [-0.2, -0.15) is 18.2 Å². The zero-order chi connectivity index (χ0) is 23.9. The number of halogens is 5. The average molecular weight is 492 g/mol. The second-order valence-electron chi connectivity index (χ2n) is 7.27. The number of anilines is 2. The summed E-state index contributed by atoms with van der Waals surface area (Å²) in [5, 5.41) is 5.47. The maximum atomic E-state index is 13.2. The molecule has 0 fully saturated rings. The van der Waals surface area contributed by atoms with Crippen LogP contribution in [0.2, 0.25) is 5.02 Å². The van der Waals surface area contributed by atoms with Gasteiger partial charge in [-0.25, -0.2) is 4.39 Å². The summed E-state index contributed by atoms with van der Waals surface area (Å²) in [5.74, 6) is -1.12. The first-order valence-corrected chi connectivity index (χ1v) is 10.2. The third-order valence-corrected chi connectivity index (χ3v) is 5.30. The van der Waals surface area contributed by atoms with Gasteiger partial charge in [0, 0.05) is 5.56 Å². The Bertz CT molecular complexity index is 1330. The normalized spacial score (nSPS) is 13.0. The number of benzene rings is 3. The summed E-state index contributed by atoms with van der Waals surface area (Å²) in [5.41, 5.74) is 8.58. The minimum absolute atomic E-state index is 0.157. The number of hydrogen-bond donors (Lipinski definition) is 2. The van der Waals surface area contributed by atoms with Crippen molar-refractivity contribution in [3.63, 3.8) is 0 Å². The van der Waals surface area contributed by atoms with Gasteiger partial charge >= 0.3 is 12.1 Å². The smallest absolute Gasteiger partial charge is 0.456 e. The lowest BCUT2D eigenvalue weighted by Crippen LogP contribution is -2.35. The van der Waals surface area contributed by atoms with Crippen LogP contribution in [0.3, 0.4) is 0 Å². The van der Waals surface area contributed by atoms with Crippen molar-refractivity contribution in [3.05, 3.63) is 83.0 Å². The van der Waals surface area contributed by atoms with Crippen LogP contribution in [0.4, 0.5) is 28.9 Å². The molecular formula is C22H14ClF4N5O2. The van der Waals surface area contributed by atoms with Gasteiger partial charge in [0.25, 0.3) is 0 Å². The molecule has 0 saturated carbocycles. The van der Waals surface area contributed by atoms with Crippen LogP contribution in [0.5, 0.6) is 11.5 Å². The van der Waals surface area contributed by atoms with Crippen LogP contribution < -0.4 is 20.7 Å². The van der Waals surface area contributed by atoms with Gasteiger partial charge in [0.05, 0.1) is 12.2 Å². The van der Waals surface area contributed by atoms with E-state index in [-0.39, 0.29) is 11.6 Å². The Kier molecular flexibility index (Phi) is 5.50. The lowest BCUT2D eigenvalue weighted by molar-refractivity contribution is -0.159. The Morgan fingerprint density at radius 2 is 1.74 bits per heavy atom. The molecule has 0 spiro atoms. The highest BCUT2D eigenvalue weighted by Gasteiger charge is 2.38. The molecule has 0 atom stereocenters. The topological polar surface area (TPSA) is 75.5 Å². The summed E-state index contributed by atoms with van der Waals surface area (Å²) in [6, 6.07) is 15.7. The first-order valence-electron chi connectivity index (χ1n) is 9.83. The largest absolute Gasteiger partial charge is 0.471 e. The highest BCUT2D eigenvalue weighted by molar-refractivity contribution is 6.35. The van der Waals surface area contributed by atoms with Crippen LogP contribution in [0.15, 0.2) is 65.2 Å². The van der Waals surface area contributed by atoms with Crippen molar-refractivity contribution >= 4 is 23.0 Å². The van der Waals surface area contributed by atoms with E-state index in [1.165, 1.54) is 24.3 Å². The lowest BCUT2D eigenvalue weighted by atomic mass is 10.1. The second-order valence-corrected chi connectivity index (χ2v) is 7.65. The van der Waals surface area contributed by atoms with Gasteiger partial charge in [-0.05, 0) is 42.0 Å². The molecule has 2 heterocycles. The molecule has 0 radical (unpaired) electrons. The molecule has 12 heteroatoms. The molecule has 2 N–H and O–H groups in total. The molecule has 5 rings (SSSR count). The maximum absolute atomic E-state index is 13.2. The predicted octanol–water partition coefficient (Wildman–Crippen LogP) is 6.19. The highest BCUT2D eigenvalue weighted by atomic mass is 35.5. The fraction of sp³-hybridized carbons (Fsp3) is 0.0909. The quantitative estimate of drug-likeness (QED) is 0.322. The minimum atomic E-state index is -4.70. The lowest BCUT2D eigenvalue weighted by Gasteiger charge is -2.20. The zero-order valence-corrected chi connectivity index (χ0v) is 17.8. The van der Waals surface area contributed by atoms with Crippen LogP contribution in [0.1, 0.15) is 11.5 Å². The van der Waals surface area contributed by atoms with Gasteiger partial charge in [0.15, 0.2) is 0 Å². The van der Waals surface area contributed by atoms with Gasteiger partial charge in [-0.3, -0.25) is 5.01 Å². The van der Waals surface area contributed by atoms with Crippen molar-refractivity contribution < 1.29 is 26.8 Å². The molecule has 0 saturated heterocycles.